The van der Waals surface area contributed by atoms with E-state index in [4.69, 9.17) is 4.74 Å². The topological polar surface area (TPSA) is 36.5 Å². The molecule has 2 aromatic rings. The van der Waals surface area contributed by atoms with E-state index in [0.717, 1.165) is 36.4 Å². The summed E-state index contributed by atoms with van der Waals surface area (Å²) < 4.78 is 47.5. The van der Waals surface area contributed by atoms with Gasteiger partial charge in [-0.15, -0.1) is 19.3 Å². The van der Waals surface area contributed by atoms with Crippen molar-refractivity contribution < 1.29 is 17.9 Å². The van der Waals surface area contributed by atoms with Gasteiger partial charge >= 0.3 is 6.18 Å². The number of ether oxygens (including phenoxy) is 1. The van der Waals surface area contributed by atoms with Crippen LogP contribution in [-0.2, 0) is 11.2 Å². The van der Waals surface area contributed by atoms with Gasteiger partial charge in [-0.2, -0.15) is 13.2 Å². The highest BCUT2D eigenvalue weighted by molar-refractivity contribution is 7.57. The summed E-state index contributed by atoms with van der Waals surface area (Å²) >= 11 is 1.38. The van der Waals surface area contributed by atoms with Gasteiger partial charge in [-0.05, 0) is 81.2 Å². The zero-order valence-corrected chi connectivity index (χ0v) is 24.7. The van der Waals surface area contributed by atoms with Crippen LogP contribution in [0.1, 0.15) is 42.5 Å². The van der Waals surface area contributed by atoms with E-state index < -0.39 is 12.6 Å². The normalized spacial score (nSPS) is 24.7. The average molecular weight is 578 g/mol. The van der Waals surface area contributed by atoms with Crippen molar-refractivity contribution in [2.75, 3.05) is 51.9 Å². The van der Waals surface area contributed by atoms with Crippen LogP contribution in [0.2, 0.25) is 0 Å². The minimum absolute atomic E-state index is 0.0495. The molecule has 0 spiro atoms. The zero-order chi connectivity index (χ0) is 27.6. The van der Waals surface area contributed by atoms with Gasteiger partial charge in [0, 0.05) is 19.2 Å². The maximum atomic E-state index is 13.6. The number of fused-ring (bicyclic) bond motifs is 2. The summed E-state index contributed by atoms with van der Waals surface area (Å²) in [6.07, 6.45) is 5.00. The fraction of sp³-hybridized carbons (Fsp3) is 0.600. The third-order valence-electron chi connectivity index (χ3n) is 8.62. The zero-order valence-electron chi connectivity index (χ0n) is 23.0. The Bertz CT molecular complexity index is 1240. The van der Waals surface area contributed by atoms with E-state index in [2.05, 4.69) is 52.9 Å². The summed E-state index contributed by atoms with van der Waals surface area (Å²) in [7, 11) is 1.66. The molecule has 3 atom stereocenters. The lowest BCUT2D eigenvalue weighted by Gasteiger charge is -2.32. The molecular formula is C30H39F3N3OPS. The maximum Gasteiger partial charge on any atom is 0.393 e. The van der Waals surface area contributed by atoms with Gasteiger partial charge in [0.25, 0.3) is 0 Å². The summed E-state index contributed by atoms with van der Waals surface area (Å²) in [6, 6.07) is 5.71. The number of anilines is 1. The molecule has 2 fully saturated rings. The fourth-order valence-electron chi connectivity index (χ4n) is 6.51. The molecule has 3 unspecified atom stereocenters. The van der Waals surface area contributed by atoms with Crippen LogP contribution in [0.25, 0.3) is 10.1 Å². The molecule has 1 aromatic carbocycles. The maximum absolute atomic E-state index is 13.6. The molecule has 0 bridgehead atoms. The van der Waals surface area contributed by atoms with Crippen molar-refractivity contribution in [2.45, 2.75) is 68.0 Å². The number of hydrogen-bond donors (Lipinski definition) is 2. The Morgan fingerprint density at radius 2 is 1.95 bits per heavy atom. The first-order chi connectivity index (χ1) is 18.7. The number of nitrogens with zero attached hydrogens (tertiary/aromatic N) is 1. The molecular weight excluding hydrogens is 538 g/mol. The Morgan fingerprint density at radius 3 is 2.64 bits per heavy atom. The molecule has 3 heterocycles. The van der Waals surface area contributed by atoms with E-state index in [1.54, 1.807) is 13.2 Å². The van der Waals surface area contributed by atoms with Gasteiger partial charge in [-0.1, -0.05) is 36.1 Å². The first-order valence-electron chi connectivity index (χ1n) is 13.9. The molecule has 0 amide bonds. The van der Waals surface area contributed by atoms with Crippen molar-refractivity contribution in [3.8, 4) is 11.8 Å². The lowest BCUT2D eigenvalue weighted by atomic mass is 9.94. The number of methoxy groups -OCH3 is 1. The lowest BCUT2D eigenvalue weighted by Crippen LogP contribution is -2.44. The molecule has 9 heteroatoms. The van der Waals surface area contributed by atoms with Crippen LogP contribution in [0.15, 0.2) is 30.4 Å². The number of thiophene rings is 1. The van der Waals surface area contributed by atoms with Gasteiger partial charge in [0.15, 0.2) is 0 Å². The third kappa shape index (κ3) is 6.49. The number of nitrogens with one attached hydrogen (secondary N) is 2. The molecule has 212 valence electrons. The Morgan fingerprint density at radius 1 is 1.18 bits per heavy atom. The minimum atomic E-state index is -4.30. The first-order valence-corrected chi connectivity index (χ1v) is 17.0. The van der Waals surface area contributed by atoms with Crippen LogP contribution in [-0.4, -0.2) is 81.0 Å². The Hall–Kier alpha value is -1.62. The van der Waals surface area contributed by atoms with Crippen molar-refractivity contribution in [1.29, 1.82) is 0 Å². The average Bonchev–Trinajstić information content (AvgIpc) is 3.57. The second kappa shape index (κ2) is 12.1. The largest absolute Gasteiger partial charge is 0.393 e. The van der Waals surface area contributed by atoms with Crippen LogP contribution in [0, 0.1) is 11.8 Å². The summed E-state index contributed by atoms with van der Waals surface area (Å²) in [5, 5.41) is 7.72. The van der Waals surface area contributed by atoms with Gasteiger partial charge in [-0.25, -0.2) is 0 Å². The van der Waals surface area contributed by atoms with Gasteiger partial charge < -0.3 is 10.1 Å². The third-order valence-corrected chi connectivity index (χ3v) is 11.5. The molecule has 1 aromatic heterocycles. The predicted octanol–water partition coefficient (Wildman–Crippen LogP) is 6.44. The summed E-state index contributed by atoms with van der Waals surface area (Å²) in [5.74, 6) is 6.20. The molecule has 2 aliphatic heterocycles. The van der Waals surface area contributed by atoms with E-state index in [-0.39, 0.29) is 31.2 Å². The quantitative estimate of drug-likeness (QED) is 0.215. The molecule has 0 saturated carbocycles. The highest BCUT2D eigenvalue weighted by Crippen LogP contribution is 2.42. The predicted molar refractivity (Wildman–Crippen MR) is 159 cm³/mol. The highest BCUT2D eigenvalue weighted by atomic mass is 32.1. The number of hydrogen-bond acceptors (Lipinski definition) is 5. The van der Waals surface area contributed by atoms with Crippen LogP contribution in [0.5, 0.6) is 0 Å². The van der Waals surface area contributed by atoms with Crippen LogP contribution in [0.4, 0.5) is 18.9 Å². The van der Waals surface area contributed by atoms with Gasteiger partial charge in [0.1, 0.15) is 0 Å². The minimum Gasteiger partial charge on any atom is -0.382 e. The van der Waals surface area contributed by atoms with Crippen molar-refractivity contribution in [1.82, 2.24) is 10.2 Å². The molecule has 1 aliphatic carbocycles. The smallest absolute Gasteiger partial charge is 0.382 e. The lowest BCUT2D eigenvalue weighted by molar-refractivity contribution is -0.126. The molecule has 2 saturated heterocycles. The van der Waals surface area contributed by atoms with Crippen LogP contribution < -0.4 is 10.6 Å². The second-order valence-electron chi connectivity index (χ2n) is 11.3. The SMILES string of the molecule is COC1CC(P(C)C)C=CC1NCC#Cc1sc2c(NCC34CCCN3CCC4)cccc2c1CC(F)(F)F. The monoisotopic (exact) mass is 577 g/mol. The Balaban J connectivity index is 1.35. The number of halogens is 3. The van der Waals surface area contributed by atoms with Gasteiger partial charge in [0.2, 0.25) is 0 Å². The summed E-state index contributed by atoms with van der Waals surface area (Å²) in [4.78, 5) is 3.10. The van der Waals surface area contributed by atoms with Crippen molar-refractivity contribution >= 4 is 35.0 Å². The molecule has 2 N–H and O–H groups in total. The van der Waals surface area contributed by atoms with Gasteiger partial charge in [0.05, 0.1) is 40.4 Å². The van der Waals surface area contributed by atoms with Crippen molar-refractivity contribution in [3.05, 3.63) is 40.8 Å². The Labute approximate surface area is 235 Å². The Kier molecular flexibility index (Phi) is 8.95. The van der Waals surface area contributed by atoms with Crippen LogP contribution in [0.3, 0.4) is 0 Å². The summed E-state index contributed by atoms with van der Waals surface area (Å²) in [6.45, 7) is 8.06. The number of benzene rings is 1. The van der Waals surface area contributed by atoms with E-state index in [1.807, 2.05) is 12.1 Å². The van der Waals surface area contributed by atoms with E-state index >= 15 is 0 Å². The number of rotatable bonds is 8. The van der Waals surface area contributed by atoms with Crippen molar-refractivity contribution in [2.24, 2.45) is 0 Å². The molecule has 0 radical (unpaired) electrons. The van der Waals surface area contributed by atoms with Gasteiger partial charge in [-0.3, -0.25) is 10.2 Å². The standard InChI is InChI=1S/C30H39F3N3OPS/c1-37-26-18-21(38(2)3)11-12-24(26)34-15-5-10-27-23(19-30(31,32)33)22-8-4-9-25(28(22)39-27)35-20-29-13-6-16-36(29)17-7-14-29/h4,8-9,11-12,21,24,26,34-35H,6-7,13-20H2,1-3H3. The first kappa shape index (κ1) is 28.9. The van der Waals surface area contributed by atoms with Crippen molar-refractivity contribution in [3.63, 3.8) is 0 Å². The fourth-order valence-corrected chi connectivity index (χ4v) is 8.77. The molecule has 5 rings (SSSR count). The molecule has 39 heavy (non-hydrogen) atoms. The van der Waals surface area contributed by atoms with E-state index in [1.165, 1.54) is 37.0 Å². The van der Waals surface area contributed by atoms with E-state index in [9.17, 15) is 13.2 Å². The molecule has 3 aliphatic rings. The molecule has 4 nitrogen and oxygen atoms in total. The highest BCUT2D eigenvalue weighted by Gasteiger charge is 2.44. The second-order valence-corrected chi connectivity index (χ2v) is 14.9. The number of alkyl halides is 3. The summed E-state index contributed by atoms with van der Waals surface area (Å²) in [5.41, 5.74) is 1.93. The van der Waals surface area contributed by atoms with Crippen LogP contribution >= 0.6 is 19.3 Å². The van der Waals surface area contributed by atoms with E-state index in [0.29, 0.717) is 22.5 Å². The number of allylic oxidation sites excluding steroid dienone is 1.